The highest BCUT2D eigenvalue weighted by molar-refractivity contribution is 5.96. The molecule has 0 aliphatic heterocycles. The van der Waals surface area contributed by atoms with Crippen LogP contribution in [0.5, 0.6) is 0 Å². The van der Waals surface area contributed by atoms with Gasteiger partial charge in [0.15, 0.2) is 6.61 Å². The predicted octanol–water partition coefficient (Wildman–Crippen LogP) is 4.92. The van der Waals surface area contributed by atoms with Crippen LogP contribution < -0.4 is 5.32 Å². The second-order valence-corrected chi connectivity index (χ2v) is 7.08. The summed E-state index contributed by atoms with van der Waals surface area (Å²) in [5.41, 5.74) is 3.21. The first kappa shape index (κ1) is 21.6. The summed E-state index contributed by atoms with van der Waals surface area (Å²) in [6.45, 7) is 8.32. The standard InChI is InChI=1S/C23H29NO4/c1-5-17(4)20-8-6-7-9-21(20)24-22(25)15-28-23(26)19-12-10-18(11-13-19)14-27-16(2)3/h6-13,16-17H,5,14-15H2,1-4H3,(H,24,25)/t17-/m0/s1. The summed E-state index contributed by atoms with van der Waals surface area (Å²) < 4.78 is 10.7. The molecule has 0 aliphatic carbocycles. The molecule has 1 N–H and O–H groups in total. The Balaban J connectivity index is 1.88. The molecule has 0 fully saturated rings. The minimum absolute atomic E-state index is 0.147. The van der Waals surface area contributed by atoms with Crippen LogP contribution in [0.15, 0.2) is 48.5 Å². The number of anilines is 1. The molecule has 150 valence electrons. The molecule has 0 bridgehead atoms. The molecule has 1 atom stereocenters. The number of ether oxygens (including phenoxy) is 2. The average Bonchev–Trinajstić information content (AvgIpc) is 2.70. The lowest BCUT2D eigenvalue weighted by Crippen LogP contribution is -2.21. The van der Waals surface area contributed by atoms with Crippen molar-refractivity contribution in [2.24, 2.45) is 0 Å². The van der Waals surface area contributed by atoms with Crippen molar-refractivity contribution in [3.8, 4) is 0 Å². The molecule has 0 aliphatic rings. The Hall–Kier alpha value is -2.66. The molecule has 2 aromatic carbocycles. The number of carbonyl (C=O) groups excluding carboxylic acids is 2. The number of benzene rings is 2. The second kappa shape index (κ2) is 10.6. The fourth-order valence-electron chi connectivity index (χ4n) is 2.66. The Kier molecular flexibility index (Phi) is 8.20. The number of amides is 1. The SMILES string of the molecule is CC[C@H](C)c1ccccc1NC(=O)COC(=O)c1ccc(COC(C)C)cc1. The first-order chi connectivity index (χ1) is 13.4. The maximum atomic E-state index is 12.2. The van der Waals surface area contributed by atoms with E-state index in [2.05, 4.69) is 19.2 Å². The number of hydrogen-bond acceptors (Lipinski definition) is 4. The molecule has 28 heavy (non-hydrogen) atoms. The molecule has 1 amide bonds. The number of nitrogens with one attached hydrogen (secondary N) is 1. The van der Waals surface area contributed by atoms with E-state index in [4.69, 9.17) is 9.47 Å². The van der Waals surface area contributed by atoms with Gasteiger partial charge in [0.2, 0.25) is 0 Å². The van der Waals surface area contributed by atoms with Crippen molar-refractivity contribution in [1.82, 2.24) is 0 Å². The van der Waals surface area contributed by atoms with Crippen LogP contribution in [-0.4, -0.2) is 24.6 Å². The summed E-state index contributed by atoms with van der Waals surface area (Å²) >= 11 is 0. The van der Waals surface area contributed by atoms with E-state index in [1.807, 2.05) is 50.2 Å². The van der Waals surface area contributed by atoms with Crippen molar-refractivity contribution in [2.45, 2.75) is 52.7 Å². The van der Waals surface area contributed by atoms with E-state index in [0.29, 0.717) is 18.1 Å². The van der Waals surface area contributed by atoms with E-state index < -0.39 is 5.97 Å². The minimum atomic E-state index is -0.526. The van der Waals surface area contributed by atoms with Gasteiger partial charge in [0.25, 0.3) is 5.91 Å². The van der Waals surface area contributed by atoms with Crippen molar-refractivity contribution >= 4 is 17.6 Å². The van der Waals surface area contributed by atoms with Crippen LogP contribution in [0.3, 0.4) is 0 Å². The van der Waals surface area contributed by atoms with Crippen molar-refractivity contribution in [1.29, 1.82) is 0 Å². The summed E-state index contributed by atoms with van der Waals surface area (Å²) in [7, 11) is 0. The molecule has 0 unspecified atom stereocenters. The normalized spacial score (nSPS) is 11.9. The van der Waals surface area contributed by atoms with Crippen molar-refractivity contribution in [3.63, 3.8) is 0 Å². The Labute approximate surface area is 167 Å². The zero-order valence-electron chi connectivity index (χ0n) is 17.0. The van der Waals surface area contributed by atoms with Gasteiger partial charge in [-0.15, -0.1) is 0 Å². The summed E-state index contributed by atoms with van der Waals surface area (Å²) in [6, 6.07) is 14.7. The van der Waals surface area contributed by atoms with Crippen LogP contribution in [0.25, 0.3) is 0 Å². The molecule has 0 radical (unpaired) electrons. The molecule has 0 saturated carbocycles. The fourth-order valence-corrected chi connectivity index (χ4v) is 2.66. The topological polar surface area (TPSA) is 64.6 Å². The number of hydrogen-bond donors (Lipinski definition) is 1. The van der Waals surface area contributed by atoms with Gasteiger partial charge in [-0.25, -0.2) is 4.79 Å². The van der Waals surface area contributed by atoms with Crippen molar-refractivity contribution in [2.75, 3.05) is 11.9 Å². The maximum absolute atomic E-state index is 12.2. The summed E-state index contributed by atoms with van der Waals surface area (Å²) in [5, 5.41) is 2.84. The largest absolute Gasteiger partial charge is 0.452 e. The Morgan fingerprint density at radius 1 is 1.00 bits per heavy atom. The van der Waals surface area contributed by atoms with E-state index in [0.717, 1.165) is 23.2 Å². The van der Waals surface area contributed by atoms with Crippen LogP contribution in [0, 0.1) is 0 Å². The van der Waals surface area contributed by atoms with Crippen LogP contribution in [0.4, 0.5) is 5.69 Å². The Morgan fingerprint density at radius 3 is 2.32 bits per heavy atom. The van der Waals surface area contributed by atoms with E-state index in [1.54, 1.807) is 12.1 Å². The Morgan fingerprint density at radius 2 is 1.68 bits per heavy atom. The summed E-state index contributed by atoms with van der Waals surface area (Å²) in [6.07, 6.45) is 1.12. The molecule has 0 heterocycles. The van der Waals surface area contributed by atoms with E-state index in [1.165, 1.54) is 0 Å². The molecular weight excluding hydrogens is 354 g/mol. The van der Waals surface area contributed by atoms with Gasteiger partial charge in [-0.3, -0.25) is 4.79 Å². The molecule has 0 spiro atoms. The third-order valence-electron chi connectivity index (χ3n) is 4.49. The number of carbonyl (C=O) groups is 2. The smallest absolute Gasteiger partial charge is 0.338 e. The van der Waals surface area contributed by atoms with Gasteiger partial charge in [0, 0.05) is 5.69 Å². The highest BCUT2D eigenvalue weighted by Crippen LogP contribution is 2.26. The fraction of sp³-hybridized carbons (Fsp3) is 0.391. The predicted molar refractivity (Wildman–Crippen MR) is 110 cm³/mol. The quantitative estimate of drug-likeness (QED) is 0.624. The second-order valence-electron chi connectivity index (χ2n) is 7.08. The van der Waals surface area contributed by atoms with Gasteiger partial charge in [-0.2, -0.15) is 0 Å². The van der Waals surface area contributed by atoms with Crippen LogP contribution in [0.2, 0.25) is 0 Å². The first-order valence-corrected chi connectivity index (χ1v) is 9.67. The number of esters is 1. The van der Waals surface area contributed by atoms with Gasteiger partial charge in [-0.1, -0.05) is 44.2 Å². The molecule has 2 aromatic rings. The summed E-state index contributed by atoms with van der Waals surface area (Å²) in [5.74, 6) is -0.551. The highest BCUT2D eigenvalue weighted by Gasteiger charge is 2.13. The molecule has 0 saturated heterocycles. The van der Waals surface area contributed by atoms with Crippen LogP contribution in [-0.2, 0) is 20.9 Å². The van der Waals surface area contributed by atoms with Crippen molar-refractivity contribution in [3.05, 3.63) is 65.2 Å². The summed E-state index contributed by atoms with van der Waals surface area (Å²) in [4.78, 5) is 24.4. The monoisotopic (exact) mass is 383 g/mol. The lowest BCUT2D eigenvalue weighted by Gasteiger charge is -2.15. The van der Waals surface area contributed by atoms with Crippen molar-refractivity contribution < 1.29 is 19.1 Å². The number of rotatable bonds is 9. The van der Waals surface area contributed by atoms with E-state index >= 15 is 0 Å². The van der Waals surface area contributed by atoms with Gasteiger partial charge >= 0.3 is 5.97 Å². The zero-order valence-corrected chi connectivity index (χ0v) is 17.0. The molecule has 5 nitrogen and oxygen atoms in total. The van der Waals surface area contributed by atoms with E-state index in [-0.39, 0.29) is 18.6 Å². The molecule has 0 aromatic heterocycles. The highest BCUT2D eigenvalue weighted by atomic mass is 16.5. The lowest BCUT2D eigenvalue weighted by molar-refractivity contribution is -0.119. The van der Waals surface area contributed by atoms with Gasteiger partial charge in [-0.05, 0) is 55.5 Å². The minimum Gasteiger partial charge on any atom is -0.452 e. The maximum Gasteiger partial charge on any atom is 0.338 e. The van der Waals surface area contributed by atoms with Gasteiger partial charge in [0.05, 0.1) is 18.3 Å². The third-order valence-corrected chi connectivity index (χ3v) is 4.49. The van der Waals surface area contributed by atoms with Gasteiger partial charge in [0.1, 0.15) is 0 Å². The molecular formula is C23H29NO4. The van der Waals surface area contributed by atoms with E-state index in [9.17, 15) is 9.59 Å². The zero-order chi connectivity index (χ0) is 20.5. The first-order valence-electron chi connectivity index (χ1n) is 9.67. The van der Waals surface area contributed by atoms with Crippen LogP contribution >= 0.6 is 0 Å². The third kappa shape index (κ3) is 6.50. The molecule has 2 rings (SSSR count). The lowest BCUT2D eigenvalue weighted by atomic mass is 9.97. The number of para-hydroxylation sites is 1. The molecule has 5 heteroatoms. The van der Waals surface area contributed by atoms with Gasteiger partial charge < -0.3 is 14.8 Å². The Bertz CT molecular complexity index is 783. The van der Waals surface area contributed by atoms with Crippen LogP contribution in [0.1, 0.15) is 61.5 Å². The average molecular weight is 383 g/mol.